The molecule has 17 heavy (non-hydrogen) atoms. The van der Waals surface area contributed by atoms with Gasteiger partial charge in [-0.05, 0) is 41.3 Å². The van der Waals surface area contributed by atoms with Crippen molar-refractivity contribution in [1.29, 1.82) is 0 Å². The van der Waals surface area contributed by atoms with Crippen molar-refractivity contribution in [2.75, 3.05) is 0 Å². The molecule has 0 spiro atoms. The first kappa shape index (κ1) is 11.0. The van der Waals surface area contributed by atoms with E-state index in [9.17, 15) is 0 Å². The Balaban J connectivity index is 2.16. The number of pyridine rings is 1. The van der Waals surface area contributed by atoms with Gasteiger partial charge in [-0.25, -0.2) is 4.98 Å². The number of nitrogens with one attached hydrogen (secondary N) is 1. The van der Waals surface area contributed by atoms with Crippen molar-refractivity contribution in [3.63, 3.8) is 0 Å². The van der Waals surface area contributed by atoms with Crippen LogP contribution in [-0.4, -0.2) is 15.0 Å². The van der Waals surface area contributed by atoms with E-state index in [0.717, 1.165) is 39.8 Å². The number of aromatic amines is 1. The summed E-state index contributed by atoms with van der Waals surface area (Å²) in [4.78, 5) is 12.0. The van der Waals surface area contributed by atoms with Crippen molar-refractivity contribution in [2.24, 2.45) is 0 Å². The summed E-state index contributed by atoms with van der Waals surface area (Å²) in [5.74, 6) is 0.810. The summed E-state index contributed by atoms with van der Waals surface area (Å²) in [6.45, 7) is 0. The molecule has 0 saturated carbocycles. The molecule has 0 aliphatic heterocycles. The zero-order chi connectivity index (χ0) is 11.8. The molecule has 2 aromatic rings. The molecular weight excluding hydrogens is 298 g/mol. The molecule has 1 aliphatic carbocycles. The minimum atomic E-state index is 0.728. The highest BCUT2D eigenvalue weighted by Gasteiger charge is 2.15. The van der Waals surface area contributed by atoms with Crippen LogP contribution in [0.1, 0.15) is 17.7 Å². The third-order valence-corrected chi connectivity index (χ3v) is 3.71. The van der Waals surface area contributed by atoms with Gasteiger partial charge < -0.3 is 4.98 Å². The van der Waals surface area contributed by atoms with E-state index < -0.39 is 0 Å². The van der Waals surface area contributed by atoms with Crippen LogP contribution < -0.4 is 0 Å². The minimum Gasteiger partial charge on any atom is -0.343 e. The molecule has 0 atom stereocenters. The standard InChI is InChI=1S/C12H10BrN3S/c13-8-4-7(5-14-6-8)11-15-10-3-1-2-9(10)12(17)16-11/h4-6H,1-3H2,(H,15,16,17). The van der Waals surface area contributed by atoms with Gasteiger partial charge in [0.1, 0.15) is 10.5 Å². The SMILES string of the molecule is S=c1nc(-c2cncc(Br)c2)[nH]c2c1CCC2. The highest BCUT2D eigenvalue weighted by Crippen LogP contribution is 2.24. The fourth-order valence-electron chi connectivity index (χ4n) is 2.14. The second kappa shape index (κ2) is 4.31. The minimum absolute atomic E-state index is 0.728. The monoisotopic (exact) mass is 307 g/mol. The fourth-order valence-corrected chi connectivity index (χ4v) is 2.82. The van der Waals surface area contributed by atoms with Gasteiger partial charge in [-0.2, -0.15) is 0 Å². The van der Waals surface area contributed by atoms with E-state index in [1.54, 1.807) is 12.4 Å². The van der Waals surface area contributed by atoms with Crippen molar-refractivity contribution in [3.8, 4) is 11.4 Å². The Hall–Kier alpha value is -1.07. The predicted molar refractivity (Wildman–Crippen MR) is 72.4 cm³/mol. The van der Waals surface area contributed by atoms with Gasteiger partial charge in [0, 0.05) is 33.7 Å². The van der Waals surface area contributed by atoms with Gasteiger partial charge in [0.15, 0.2) is 0 Å². The number of aryl methyl sites for hydroxylation is 1. The van der Waals surface area contributed by atoms with E-state index in [4.69, 9.17) is 12.2 Å². The lowest BCUT2D eigenvalue weighted by Crippen LogP contribution is -1.97. The Morgan fingerprint density at radius 3 is 3.00 bits per heavy atom. The molecule has 1 N–H and O–H groups in total. The average molecular weight is 308 g/mol. The molecule has 5 heteroatoms. The van der Waals surface area contributed by atoms with E-state index in [1.807, 2.05) is 6.07 Å². The van der Waals surface area contributed by atoms with Crippen LogP contribution >= 0.6 is 28.1 Å². The molecule has 2 heterocycles. The van der Waals surface area contributed by atoms with Gasteiger partial charge in [-0.3, -0.25) is 4.98 Å². The highest BCUT2D eigenvalue weighted by molar-refractivity contribution is 9.10. The summed E-state index contributed by atoms with van der Waals surface area (Å²) in [6, 6.07) is 1.99. The molecule has 3 rings (SSSR count). The van der Waals surface area contributed by atoms with E-state index in [0.29, 0.717) is 0 Å². The van der Waals surface area contributed by atoms with E-state index in [-0.39, 0.29) is 0 Å². The molecular formula is C12H10BrN3S. The Morgan fingerprint density at radius 2 is 2.18 bits per heavy atom. The molecule has 0 aromatic carbocycles. The van der Waals surface area contributed by atoms with Crippen LogP contribution in [0.25, 0.3) is 11.4 Å². The van der Waals surface area contributed by atoms with Gasteiger partial charge in [-0.1, -0.05) is 12.2 Å². The summed E-state index contributed by atoms with van der Waals surface area (Å²) in [6.07, 6.45) is 6.83. The Labute approximate surface area is 112 Å². The second-order valence-electron chi connectivity index (χ2n) is 4.09. The van der Waals surface area contributed by atoms with E-state index in [1.165, 1.54) is 11.3 Å². The van der Waals surface area contributed by atoms with Gasteiger partial charge >= 0.3 is 0 Å². The van der Waals surface area contributed by atoms with Gasteiger partial charge in [0.05, 0.1) is 0 Å². The molecule has 3 nitrogen and oxygen atoms in total. The number of fused-ring (bicyclic) bond motifs is 1. The first-order chi connectivity index (χ1) is 8.24. The Bertz CT molecular complexity index is 636. The van der Waals surface area contributed by atoms with Crippen LogP contribution in [0.15, 0.2) is 22.9 Å². The van der Waals surface area contributed by atoms with Crippen LogP contribution in [-0.2, 0) is 12.8 Å². The maximum absolute atomic E-state index is 5.34. The van der Waals surface area contributed by atoms with Gasteiger partial charge in [-0.15, -0.1) is 0 Å². The van der Waals surface area contributed by atoms with Crippen LogP contribution in [0, 0.1) is 4.64 Å². The number of nitrogens with zero attached hydrogens (tertiary/aromatic N) is 2. The van der Waals surface area contributed by atoms with Gasteiger partial charge in [0.2, 0.25) is 0 Å². The maximum Gasteiger partial charge on any atom is 0.140 e. The first-order valence-corrected chi connectivity index (χ1v) is 6.67. The molecule has 0 saturated heterocycles. The summed E-state index contributed by atoms with van der Waals surface area (Å²) < 4.78 is 1.67. The number of hydrogen-bond acceptors (Lipinski definition) is 3. The van der Waals surface area contributed by atoms with Crippen molar-refractivity contribution < 1.29 is 0 Å². The lowest BCUT2D eigenvalue weighted by molar-refractivity contribution is 0.899. The lowest BCUT2D eigenvalue weighted by Gasteiger charge is -2.05. The second-order valence-corrected chi connectivity index (χ2v) is 5.40. The maximum atomic E-state index is 5.34. The molecule has 0 fully saturated rings. The molecule has 0 bridgehead atoms. The number of halogens is 1. The molecule has 1 aliphatic rings. The molecule has 0 unspecified atom stereocenters. The molecule has 0 amide bonds. The van der Waals surface area contributed by atoms with Gasteiger partial charge in [0.25, 0.3) is 0 Å². The number of aromatic nitrogens is 3. The number of rotatable bonds is 1. The van der Waals surface area contributed by atoms with Crippen LogP contribution in [0.5, 0.6) is 0 Å². The predicted octanol–water partition coefficient (Wildman–Crippen LogP) is 3.45. The Kier molecular flexibility index (Phi) is 2.80. The summed E-state index contributed by atoms with van der Waals surface area (Å²) in [5, 5.41) is 0. The van der Waals surface area contributed by atoms with E-state index in [2.05, 4.69) is 30.9 Å². The average Bonchev–Trinajstić information content (AvgIpc) is 2.77. The van der Waals surface area contributed by atoms with Crippen molar-refractivity contribution >= 4 is 28.1 Å². The van der Waals surface area contributed by atoms with Crippen LogP contribution in [0.2, 0.25) is 0 Å². The largest absolute Gasteiger partial charge is 0.343 e. The third-order valence-electron chi connectivity index (χ3n) is 2.94. The van der Waals surface area contributed by atoms with Crippen molar-refractivity contribution in [1.82, 2.24) is 15.0 Å². The van der Waals surface area contributed by atoms with Crippen molar-refractivity contribution in [2.45, 2.75) is 19.3 Å². The zero-order valence-corrected chi connectivity index (χ0v) is 11.4. The molecule has 2 aromatic heterocycles. The molecule has 0 radical (unpaired) electrons. The van der Waals surface area contributed by atoms with Crippen LogP contribution in [0.4, 0.5) is 0 Å². The van der Waals surface area contributed by atoms with Crippen LogP contribution in [0.3, 0.4) is 0 Å². The quantitative estimate of drug-likeness (QED) is 0.820. The zero-order valence-electron chi connectivity index (χ0n) is 9.03. The van der Waals surface area contributed by atoms with E-state index >= 15 is 0 Å². The summed E-state index contributed by atoms with van der Waals surface area (Å²) >= 11 is 8.75. The lowest BCUT2D eigenvalue weighted by atomic mass is 10.2. The molecule has 86 valence electrons. The van der Waals surface area contributed by atoms with Crippen molar-refractivity contribution in [3.05, 3.63) is 38.8 Å². The number of H-pyrrole nitrogens is 1. The highest BCUT2D eigenvalue weighted by atomic mass is 79.9. The normalized spacial score (nSPS) is 13.7. The third kappa shape index (κ3) is 2.05. The first-order valence-electron chi connectivity index (χ1n) is 5.47. The number of hydrogen-bond donors (Lipinski definition) is 1. The Morgan fingerprint density at radius 1 is 1.29 bits per heavy atom. The fraction of sp³-hybridized carbons (Fsp3) is 0.250. The topological polar surface area (TPSA) is 41.6 Å². The summed E-state index contributed by atoms with van der Waals surface area (Å²) in [7, 11) is 0. The smallest absolute Gasteiger partial charge is 0.140 e. The summed E-state index contributed by atoms with van der Waals surface area (Å²) in [5.41, 5.74) is 3.41.